The molecule has 0 fully saturated rings. The third-order valence-corrected chi connectivity index (χ3v) is 3.06. The molecule has 0 bridgehead atoms. The van der Waals surface area contributed by atoms with Crippen molar-refractivity contribution in [3.05, 3.63) is 0 Å². The van der Waals surface area contributed by atoms with Crippen molar-refractivity contribution in [1.29, 1.82) is 0 Å². The third kappa shape index (κ3) is 8.81. The molecule has 1 atom stereocenters. The number of rotatable bonds is 7. The molecule has 0 heterocycles. The van der Waals surface area contributed by atoms with Crippen LogP contribution in [0.2, 0.25) is 0 Å². The van der Waals surface area contributed by atoms with E-state index in [1.807, 2.05) is 11.8 Å². The van der Waals surface area contributed by atoms with Crippen LogP contribution in [-0.2, 0) is 4.74 Å². The standard InChI is InChI=1S/C10H24N2OS/c1-5-6-13-7-9(12-11)8-14-10(2,3)4/h9,12H,5-8,11H2,1-4H3. The number of hydrazine groups is 1. The van der Waals surface area contributed by atoms with E-state index in [1.165, 1.54) is 0 Å². The summed E-state index contributed by atoms with van der Waals surface area (Å²) in [6.45, 7) is 10.2. The van der Waals surface area contributed by atoms with Gasteiger partial charge in [0, 0.05) is 17.1 Å². The van der Waals surface area contributed by atoms with Crippen LogP contribution >= 0.6 is 11.8 Å². The molecule has 0 aliphatic rings. The van der Waals surface area contributed by atoms with Gasteiger partial charge >= 0.3 is 0 Å². The number of ether oxygens (including phenoxy) is 1. The van der Waals surface area contributed by atoms with Crippen molar-refractivity contribution in [1.82, 2.24) is 5.43 Å². The van der Waals surface area contributed by atoms with Crippen molar-refractivity contribution in [3.63, 3.8) is 0 Å². The number of hydrogen-bond acceptors (Lipinski definition) is 4. The minimum absolute atomic E-state index is 0.255. The van der Waals surface area contributed by atoms with Gasteiger partial charge in [0.25, 0.3) is 0 Å². The molecule has 0 rings (SSSR count). The highest BCUT2D eigenvalue weighted by Crippen LogP contribution is 2.23. The first kappa shape index (κ1) is 14.2. The second-order valence-corrected chi connectivity index (χ2v) is 6.21. The Kier molecular flexibility index (Phi) is 7.64. The van der Waals surface area contributed by atoms with Gasteiger partial charge in [-0.15, -0.1) is 0 Å². The molecular weight excluding hydrogens is 196 g/mol. The lowest BCUT2D eigenvalue weighted by Crippen LogP contribution is -2.41. The summed E-state index contributed by atoms with van der Waals surface area (Å²) in [4.78, 5) is 0. The topological polar surface area (TPSA) is 47.3 Å². The van der Waals surface area contributed by atoms with Crippen LogP contribution in [0.3, 0.4) is 0 Å². The smallest absolute Gasteiger partial charge is 0.0641 e. The number of nitrogens with two attached hydrogens (primary N) is 1. The molecule has 0 aliphatic carbocycles. The van der Waals surface area contributed by atoms with Crippen molar-refractivity contribution in [2.24, 2.45) is 5.84 Å². The summed E-state index contributed by atoms with van der Waals surface area (Å²) in [7, 11) is 0. The fourth-order valence-corrected chi connectivity index (χ4v) is 1.76. The van der Waals surface area contributed by atoms with E-state index in [4.69, 9.17) is 10.6 Å². The van der Waals surface area contributed by atoms with Gasteiger partial charge in [0.2, 0.25) is 0 Å². The summed E-state index contributed by atoms with van der Waals surface area (Å²) in [6, 6.07) is 0.255. The summed E-state index contributed by atoms with van der Waals surface area (Å²) in [5, 5.41) is 0. The van der Waals surface area contributed by atoms with Crippen LogP contribution in [0.4, 0.5) is 0 Å². The molecule has 0 spiro atoms. The van der Waals surface area contributed by atoms with Crippen molar-refractivity contribution in [3.8, 4) is 0 Å². The Bertz CT molecular complexity index is 137. The lowest BCUT2D eigenvalue weighted by atomic mass is 10.3. The SMILES string of the molecule is CCCOCC(CSC(C)(C)C)NN. The van der Waals surface area contributed by atoms with Crippen LogP contribution in [0, 0.1) is 0 Å². The lowest BCUT2D eigenvalue weighted by Gasteiger charge is -2.22. The second kappa shape index (κ2) is 7.51. The molecule has 0 aromatic carbocycles. The molecule has 3 N–H and O–H groups in total. The predicted molar refractivity (Wildman–Crippen MR) is 64.4 cm³/mol. The molecule has 0 radical (unpaired) electrons. The zero-order chi connectivity index (χ0) is 11.0. The summed E-state index contributed by atoms with van der Waals surface area (Å²) in [6.07, 6.45) is 1.06. The first-order chi connectivity index (χ1) is 6.49. The lowest BCUT2D eigenvalue weighted by molar-refractivity contribution is 0.117. The quantitative estimate of drug-likeness (QED) is 0.390. The molecule has 0 aromatic rings. The van der Waals surface area contributed by atoms with Gasteiger partial charge in [0.1, 0.15) is 0 Å². The van der Waals surface area contributed by atoms with Gasteiger partial charge in [-0.05, 0) is 6.42 Å². The van der Waals surface area contributed by atoms with Gasteiger partial charge in [0.15, 0.2) is 0 Å². The average Bonchev–Trinajstić information content (AvgIpc) is 2.09. The molecule has 0 saturated carbocycles. The fraction of sp³-hybridized carbons (Fsp3) is 1.00. The van der Waals surface area contributed by atoms with Crippen molar-refractivity contribution < 1.29 is 4.74 Å². The molecule has 86 valence electrons. The van der Waals surface area contributed by atoms with Gasteiger partial charge in [0.05, 0.1) is 12.6 Å². The van der Waals surface area contributed by atoms with Crippen molar-refractivity contribution in [2.45, 2.75) is 44.9 Å². The summed E-state index contributed by atoms with van der Waals surface area (Å²) in [5.41, 5.74) is 2.79. The maximum absolute atomic E-state index is 5.45. The van der Waals surface area contributed by atoms with E-state index in [2.05, 4.69) is 33.1 Å². The van der Waals surface area contributed by atoms with Crippen LogP contribution in [0.25, 0.3) is 0 Å². The average molecular weight is 220 g/mol. The van der Waals surface area contributed by atoms with E-state index in [1.54, 1.807) is 0 Å². The van der Waals surface area contributed by atoms with E-state index < -0.39 is 0 Å². The van der Waals surface area contributed by atoms with Crippen molar-refractivity contribution in [2.75, 3.05) is 19.0 Å². The summed E-state index contributed by atoms with van der Waals surface area (Å²) >= 11 is 1.90. The predicted octanol–water partition coefficient (Wildman–Crippen LogP) is 1.78. The Balaban J connectivity index is 3.58. The first-order valence-corrected chi connectivity index (χ1v) is 6.16. The van der Waals surface area contributed by atoms with E-state index in [0.29, 0.717) is 11.4 Å². The molecule has 3 nitrogen and oxygen atoms in total. The molecule has 0 amide bonds. The summed E-state index contributed by atoms with van der Waals surface area (Å²) < 4.78 is 5.74. The number of thioether (sulfide) groups is 1. The Hall–Kier alpha value is 0.230. The molecular formula is C10H24N2OS. The van der Waals surface area contributed by atoms with Crippen LogP contribution < -0.4 is 11.3 Å². The van der Waals surface area contributed by atoms with Gasteiger partial charge in [-0.2, -0.15) is 11.8 Å². The van der Waals surface area contributed by atoms with E-state index >= 15 is 0 Å². The second-order valence-electron chi connectivity index (χ2n) is 4.36. The maximum Gasteiger partial charge on any atom is 0.0641 e. The molecule has 14 heavy (non-hydrogen) atoms. The van der Waals surface area contributed by atoms with Crippen LogP contribution in [-0.4, -0.2) is 29.8 Å². The largest absolute Gasteiger partial charge is 0.380 e. The summed E-state index contributed by atoms with van der Waals surface area (Å²) in [5.74, 6) is 6.43. The highest BCUT2D eigenvalue weighted by Gasteiger charge is 2.14. The first-order valence-electron chi connectivity index (χ1n) is 5.17. The van der Waals surface area contributed by atoms with Gasteiger partial charge in [-0.1, -0.05) is 27.7 Å². The van der Waals surface area contributed by atoms with E-state index in [9.17, 15) is 0 Å². The Morgan fingerprint density at radius 2 is 2.07 bits per heavy atom. The molecule has 4 heteroatoms. The van der Waals surface area contributed by atoms with Crippen LogP contribution in [0.15, 0.2) is 0 Å². The van der Waals surface area contributed by atoms with E-state index in [0.717, 1.165) is 18.8 Å². The fourth-order valence-electron chi connectivity index (χ4n) is 0.865. The van der Waals surface area contributed by atoms with Gasteiger partial charge < -0.3 is 4.74 Å². The maximum atomic E-state index is 5.45. The highest BCUT2D eigenvalue weighted by molar-refractivity contribution is 8.00. The van der Waals surface area contributed by atoms with E-state index in [-0.39, 0.29) is 6.04 Å². The van der Waals surface area contributed by atoms with Crippen LogP contribution in [0.5, 0.6) is 0 Å². The minimum atomic E-state index is 0.255. The molecule has 1 unspecified atom stereocenters. The normalized spacial score (nSPS) is 14.4. The highest BCUT2D eigenvalue weighted by atomic mass is 32.2. The molecule has 0 aromatic heterocycles. The zero-order valence-corrected chi connectivity index (χ0v) is 10.6. The monoisotopic (exact) mass is 220 g/mol. The Morgan fingerprint density at radius 1 is 1.43 bits per heavy atom. The minimum Gasteiger partial charge on any atom is -0.380 e. The third-order valence-electron chi connectivity index (χ3n) is 1.62. The molecule has 0 aliphatic heterocycles. The van der Waals surface area contributed by atoms with Crippen LogP contribution in [0.1, 0.15) is 34.1 Å². The Morgan fingerprint density at radius 3 is 2.50 bits per heavy atom. The number of hydrogen-bond donors (Lipinski definition) is 2. The van der Waals surface area contributed by atoms with Crippen molar-refractivity contribution >= 4 is 11.8 Å². The molecule has 0 saturated heterocycles. The number of nitrogens with one attached hydrogen (secondary N) is 1. The van der Waals surface area contributed by atoms with Gasteiger partial charge in [-0.25, -0.2) is 0 Å². The Labute approximate surface area is 92.1 Å². The zero-order valence-electron chi connectivity index (χ0n) is 9.80. The van der Waals surface area contributed by atoms with Gasteiger partial charge in [-0.3, -0.25) is 11.3 Å².